The summed E-state index contributed by atoms with van der Waals surface area (Å²) in [6.07, 6.45) is 2.86. The van der Waals surface area contributed by atoms with E-state index in [1.54, 1.807) is 26.1 Å². The van der Waals surface area contributed by atoms with E-state index in [-0.39, 0.29) is 31.1 Å². The molecule has 3 heterocycles. The Morgan fingerprint density at radius 3 is 2.67 bits per heavy atom. The number of hydrogen-bond donors (Lipinski definition) is 1. The quantitative estimate of drug-likeness (QED) is 0.217. The van der Waals surface area contributed by atoms with Gasteiger partial charge in [-0.1, -0.05) is 12.2 Å². The van der Waals surface area contributed by atoms with Gasteiger partial charge in [0, 0.05) is 19.0 Å². The Morgan fingerprint density at radius 2 is 2.02 bits per heavy atom. The van der Waals surface area contributed by atoms with Gasteiger partial charge in [-0.2, -0.15) is 18.3 Å². The number of ether oxygens (including phenoxy) is 2. The molecule has 2 amide bonds. The molecule has 0 bridgehead atoms. The third-order valence-electron chi connectivity index (χ3n) is 6.03. The number of carbonyl (C=O) groups is 1. The molecule has 1 unspecified atom stereocenters. The molecule has 2 atom stereocenters. The second-order valence-corrected chi connectivity index (χ2v) is 8.82. The van der Waals surface area contributed by atoms with Crippen LogP contribution < -0.4 is 14.8 Å². The van der Waals surface area contributed by atoms with Gasteiger partial charge in [0.25, 0.3) is 5.88 Å². The van der Waals surface area contributed by atoms with Gasteiger partial charge in [-0.05, 0) is 33.1 Å². The molecule has 0 aromatic carbocycles. The minimum absolute atomic E-state index is 0.199. The number of halogens is 3. The van der Waals surface area contributed by atoms with Gasteiger partial charge in [-0.25, -0.2) is 29.2 Å². The number of nitrogens with one attached hydrogen (secondary N) is 1. The zero-order chi connectivity index (χ0) is 29.3. The Balaban J connectivity index is 1.91. The van der Waals surface area contributed by atoms with E-state index < -0.39 is 30.7 Å². The maximum Gasteiger partial charge on any atom is 0.389 e. The lowest BCUT2D eigenvalue weighted by molar-refractivity contribution is -0.136. The van der Waals surface area contributed by atoms with Gasteiger partial charge in [0.05, 0.1) is 32.2 Å². The second-order valence-electron chi connectivity index (χ2n) is 8.82. The molecular weight excluding hydrogens is 529 g/mol. The molecule has 40 heavy (non-hydrogen) atoms. The van der Waals surface area contributed by atoms with Crippen molar-refractivity contribution in [2.75, 3.05) is 20.3 Å². The van der Waals surface area contributed by atoms with E-state index in [1.165, 1.54) is 35.1 Å². The van der Waals surface area contributed by atoms with E-state index in [0.717, 1.165) is 0 Å². The highest BCUT2D eigenvalue weighted by atomic mass is 19.4. The Labute approximate surface area is 230 Å². The van der Waals surface area contributed by atoms with Crippen molar-refractivity contribution in [2.45, 2.75) is 57.8 Å². The summed E-state index contributed by atoms with van der Waals surface area (Å²) < 4.78 is 51.1. The van der Waals surface area contributed by atoms with Crippen molar-refractivity contribution in [1.29, 1.82) is 0 Å². The van der Waals surface area contributed by atoms with Crippen molar-refractivity contribution in [3.05, 3.63) is 49.9 Å². The zero-order valence-electron chi connectivity index (χ0n) is 22.7. The topological polar surface area (TPSA) is 120 Å². The average molecular weight is 563 g/mol. The number of nitrogens with zero attached hydrogens (tertiary/aromatic N) is 7. The van der Waals surface area contributed by atoms with E-state index in [0.29, 0.717) is 35.8 Å². The van der Waals surface area contributed by atoms with Crippen molar-refractivity contribution >= 4 is 11.7 Å². The molecule has 0 spiro atoms. The third kappa shape index (κ3) is 7.67. The maximum atomic E-state index is 13.1. The first-order chi connectivity index (χ1) is 19.1. The molecule has 3 aromatic rings. The fraction of sp³-hybridized carbons (Fsp3) is 0.462. The SMILES string of the molecule is C=CCCOc1nc(-c2nc(C(C)N(CC)C(=O)N[C@H](CC=C)CCC(F)(F)F)ncc2OC)cn2ncnc12. The Kier molecular flexibility index (Phi) is 10.4. The summed E-state index contributed by atoms with van der Waals surface area (Å²) >= 11 is 0. The summed E-state index contributed by atoms with van der Waals surface area (Å²) in [5.41, 5.74) is 1.12. The Hall–Kier alpha value is -4.23. The highest BCUT2D eigenvalue weighted by Crippen LogP contribution is 2.30. The number of carbonyl (C=O) groups excluding carboxylic acids is 1. The van der Waals surface area contributed by atoms with Gasteiger partial charge in [0.15, 0.2) is 11.6 Å². The van der Waals surface area contributed by atoms with Crippen LogP contribution >= 0.6 is 0 Å². The molecular formula is C26H33F3N8O3. The molecule has 14 heteroatoms. The number of fused-ring (bicyclic) bond motifs is 1. The lowest BCUT2D eigenvalue weighted by atomic mass is 10.1. The maximum absolute atomic E-state index is 13.1. The van der Waals surface area contributed by atoms with Crippen LogP contribution in [0.15, 0.2) is 44.0 Å². The molecule has 0 radical (unpaired) electrons. The minimum atomic E-state index is -4.32. The van der Waals surface area contributed by atoms with Gasteiger partial charge in [-0.3, -0.25) is 0 Å². The van der Waals surface area contributed by atoms with Gasteiger partial charge < -0.3 is 19.7 Å². The van der Waals surface area contributed by atoms with Crippen LogP contribution in [0.3, 0.4) is 0 Å². The highest BCUT2D eigenvalue weighted by Gasteiger charge is 2.30. The smallest absolute Gasteiger partial charge is 0.389 e. The Bertz CT molecular complexity index is 1310. The van der Waals surface area contributed by atoms with Crippen LogP contribution in [0.2, 0.25) is 0 Å². The molecule has 0 aliphatic carbocycles. The average Bonchev–Trinajstić information content (AvgIpc) is 3.40. The number of aromatic nitrogens is 6. The summed E-state index contributed by atoms with van der Waals surface area (Å²) in [7, 11) is 1.47. The lowest BCUT2D eigenvalue weighted by Crippen LogP contribution is -2.46. The number of alkyl halides is 3. The standard InChI is InChI=1S/C26H33F3N8O3/c1-6-9-13-40-24-23-31-16-32-37(23)15-19(34-24)21-20(39-5)14-30-22(35-21)17(4)36(8-3)25(38)33-18(10-7-2)11-12-26(27,28)29/h6-7,14-18H,1-2,8-13H2,3-5H3,(H,33,38)/t17?,18-/m1/s1. The predicted molar refractivity (Wildman–Crippen MR) is 142 cm³/mol. The van der Waals surface area contributed by atoms with Crippen LogP contribution in [-0.2, 0) is 0 Å². The molecule has 1 N–H and O–H groups in total. The number of amides is 2. The number of urea groups is 1. The molecule has 11 nitrogen and oxygen atoms in total. The molecule has 0 saturated heterocycles. The normalized spacial score (nSPS) is 12.9. The summed E-state index contributed by atoms with van der Waals surface area (Å²) in [6.45, 7) is 11.3. The predicted octanol–water partition coefficient (Wildman–Crippen LogP) is 4.92. The molecule has 0 aliphatic rings. The van der Waals surface area contributed by atoms with Gasteiger partial charge >= 0.3 is 12.2 Å². The van der Waals surface area contributed by atoms with E-state index in [4.69, 9.17) is 9.47 Å². The molecule has 0 aliphatic heterocycles. The summed E-state index contributed by atoms with van der Waals surface area (Å²) in [4.78, 5) is 32.4. The van der Waals surface area contributed by atoms with Gasteiger partial charge in [-0.15, -0.1) is 13.2 Å². The second kappa shape index (κ2) is 13.7. The minimum Gasteiger partial charge on any atom is -0.493 e. The molecule has 0 fully saturated rings. The van der Waals surface area contributed by atoms with Crippen LogP contribution in [0, 0.1) is 0 Å². The van der Waals surface area contributed by atoms with Crippen molar-refractivity contribution in [1.82, 2.24) is 39.8 Å². The monoisotopic (exact) mass is 562 g/mol. The van der Waals surface area contributed by atoms with Crippen molar-refractivity contribution in [3.8, 4) is 23.0 Å². The van der Waals surface area contributed by atoms with Crippen molar-refractivity contribution in [3.63, 3.8) is 0 Å². The zero-order valence-corrected chi connectivity index (χ0v) is 22.7. The van der Waals surface area contributed by atoms with Crippen LogP contribution in [0.25, 0.3) is 17.0 Å². The first-order valence-electron chi connectivity index (χ1n) is 12.7. The van der Waals surface area contributed by atoms with E-state index in [1.807, 2.05) is 0 Å². The number of methoxy groups -OCH3 is 1. The first-order valence-corrected chi connectivity index (χ1v) is 12.7. The van der Waals surface area contributed by atoms with Crippen LogP contribution in [-0.4, -0.2) is 73.0 Å². The number of rotatable bonds is 14. The van der Waals surface area contributed by atoms with Crippen molar-refractivity contribution in [2.24, 2.45) is 0 Å². The van der Waals surface area contributed by atoms with Crippen molar-refractivity contribution < 1.29 is 27.4 Å². The largest absolute Gasteiger partial charge is 0.493 e. The van der Waals surface area contributed by atoms with Gasteiger partial charge in [0.1, 0.15) is 17.7 Å². The summed E-state index contributed by atoms with van der Waals surface area (Å²) in [5.74, 6) is 0.845. The Morgan fingerprint density at radius 1 is 1.25 bits per heavy atom. The van der Waals surface area contributed by atoms with Crippen LogP contribution in [0.4, 0.5) is 18.0 Å². The third-order valence-corrected chi connectivity index (χ3v) is 6.03. The summed E-state index contributed by atoms with van der Waals surface area (Å²) in [5, 5.41) is 6.88. The molecule has 3 rings (SSSR count). The van der Waals surface area contributed by atoms with E-state index in [2.05, 4.69) is 43.5 Å². The fourth-order valence-corrected chi connectivity index (χ4v) is 3.95. The van der Waals surface area contributed by atoms with E-state index >= 15 is 0 Å². The fourth-order valence-electron chi connectivity index (χ4n) is 3.95. The summed E-state index contributed by atoms with van der Waals surface area (Å²) in [6, 6.07) is -1.90. The number of hydrogen-bond acceptors (Lipinski definition) is 8. The highest BCUT2D eigenvalue weighted by molar-refractivity contribution is 5.75. The lowest BCUT2D eigenvalue weighted by Gasteiger charge is -2.30. The molecule has 0 saturated carbocycles. The molecule has 3 aromatic heterocycles. The molecule has 216 valence electrons. The van der Waals surface area contributed by atoms with E-state index in [9.17, 15) is 18.0 Å². The first kappa shape index (κ1) is 30.3. The van der Waals surface area contributed by atoms with Crippen LogP contribution in [0.5, 0.6) is 11.6 Å². The van der Waals surface area contributed by atoms with Crippen LogP contribution in [0.1, 0.15) is 51.4 Å². The van der Waals surface area contributed by atoms with Gasteiger partial charge in [0.2, 0.25) is 5.65 Å².